The summed E-state index contributed by atoms with van der Waals surface area (Å²) in [5.74, 6) is -0.477. The van der Waals surface area contributed by atoms with Crippen LogP contribution in [0.2, 0.25) is 0 Å². The number of phenolic OH excluding ortho intramolecular Hbond substituents is 1. The Bertz CT molecular complexity index is 1140. The van der Waals surface area contributed by atoms with Gasteiger partial charge in [-0.25, -0.2) is 4.98 Å². The molecule has 3 aromatic carbocycles. The Kier molecular flexibility index (Phi) is 5.73. The largest absolute Gasteiger partial charge is 0.506 e. The quantitative estimate of drug-likeness (QED) is 0.297. The lowest BCUT2D eigenvalue weighted by atomic mass is 10.2. The summed E-state index contributed by atoms with van der Waals surface area (Å²) in [6.07, 6.45) is 0. The number of aromatic hydroxyl groups is 1. The first-order chi connectivity index (χ1) is 13.5. The summed E-state index contributed by atoms with van der Waals surface area (Å²) < 4.78 is 3.29. The Labute approximate surface area is 186 Å². The molecule has 1 amide bonds. The fraction of sp³-hybridized carbons (Fsp3) is 0. The number of benzene rings is 3. The van der Waals surface area contributed by atoms with Crippen LogP contribution in [-0.2, 0) is 0 Å². The topological polar surface area (TPSA) is 62.2 Å². The van der Waals surface area contributed by atoms with Crippen molar-refractivity contribution in [2.75, 3.05) is 5.32 Å². The molecule has 4 rings (SSSR count). The fourth-order valence-electron chi connectivity index (χ4n) is 2.54. The molecule has 0 fully saturated rings. The molecule has 0 radical (unpaired) electrons. The van der Waals surface area contributed by atoms with Crippen LogP contribution in [0.3, 0.4) is 0 Å². The van der Waals surface area contributed by atoms with Gasteiger partial charge in [-0.2, -0.15) is 0 Å². The number of halogens is 2. The number of thiazole rings is 1. The van der Waals surface area contributed by atoms with Gasteiger partial charge in [0.2, 0.25) is 0 Å². The van der Waals surface area contributed by atoms with Crippen molar-refractivity contribution in [2.24, 2.45) is 0 Å². The van der Waals surface area contributed by atoms with Gasteiger partial charge in [-0.15, -0.1) is 11.3 Å². The van der Waals surface area contributed by atoms with Crippen LogP contribution in [-0.4, -0.2) is 16.0 Å². The van der Waals surface area contributed by atoms with Crippen LogP contribution in [0.15, 0.2) is 78.8 Å². The zero-order valence-electron chi connectivity index (χ0n) is 14.1. The van der Waals surface area contributed by atoms with E-state index < -0.39 is 0 Å². The molecule has 0 aliphatic rings. The number of anilines is 1. The van der Waals surface area contributed by atoms with Crippen LogP contribution < -0.4 is 5.32 Å². The van der Waals surface area contributed by atoms with Gasteiger partial charge in [-0.1, -0.05) is 39.8 Å². The Morgan fingerprint density at radius 1 is 1.07 bits per heavy atom. The number of nitrogens with one attached hydrogen (secondary N) is 1. The maximum Gasteiger partial charge on any atom is 0.259 e. The molecule has 1 aromatic heterocycles. The van der Waals surface area contributed by atoms with Crippen molar-refractivity contribution in [3.8, 4) is 5.75 Å². The van der Waals surface area contributed by atoms with Gasteiger partial charge in [-0.3, -0.25) is 4.79 Å². The molecule has 1 heterocycles. The lowest BCUT2D eigenvalue weighted by molar-refractivity contribution is 0.102. The van der Waals surface area contributed by atoms with E-state index in [9.17, 15) is 9.90 Å². The molecule has 4 aromatic rings. The highest BCUT2D eigenvalue weighted by molar-refractivity contribution is 9.11. The molecule has 140 valence electrons. The van der Waals surface area contributed by atoms with E-state index in [2.05, 4.69) is 48.2 Å². The first-order valence-electron chi connectivity index (χ1n) is 8.12. The zero-order valence-corrected chi connectivity index (χ0v) is 19.0. The molecule has 0 aliphatic carbocycles. The van der Waals surface area contributed by atoms with Gasteiger partial charge in [0.05, 0.1) is 20.3 Å². The molecule has 0 bridgehead atoms. The van der Waals surface area contributed by atoms with Crippen molar-refractivity contribution in [2.45, 2.75) is 9.24 Å². The second-order valence-corrected chi connectivity index (χ2v) is 9.93. The molecule has 4 nitrogen and oxygen atoms in total. The van der Waals surface area contributed by atoms with Crippen LogP contribution in [0.4, 0.5) is 5.69 Å². The molecular formula is C20H12Br2N2O2S2. The lowest BCUT2D eigenvalue weighted by Gasteiger charge is -2.09. The standard InChI is InChI=1S/C20H12Br2N2O2S2/c21-11-9-14(18(25)15(22)10-11)19(26)23-12-5-7-13(8-6-12)27-20-24-16-3-1-2-4-17(16)28-20/h1-10,25H,(H,23,26). The van der Waals surface area contributed by atoms with Crippen molar-refractivity contribution in [1.29, 1.82) is 0 Å². The smallest absolute Gasteiger partial charge is 0.259 e. The maximum absolute atomic E-state index is 12.5. The fourth-order valence-corrected chi connectivity index (χ4v) is 5.80. The third kappa shape index (κ3) is 4.25. The molecule has 0 spiro atoms. The molecule has 0 saturated carbocycles. The Morgan fingerprint density at radius 3 is 2.57 bits per heavy atom. The van der Waals surface area contributed by atoms with Gasteiger partial charge in [0, 0.05) is 15.1 Å². The van der Waals surface area contributed by atoms with E-state index in [0.29, 0.717) is 14.6 Å². The summed E-state index contributed by atoms with van der Waals surface area (Å²) in [6, 6.07) is 18.8. The number of phenols is 1. The highest BCUT2D eigenvalue weighted by Crippen LogP contribution is 2.35. The number of nitrogens with zero attached hydrogens (tertiary/aromatic N) is 1. The number of amides is 1. The normalized spacial score (nSPS) is 10.9. The van der Waals surface area contributed by atoms with E-state index in [0.717, 1.165) is 19.5 Å². The minimum absolute atomic E-state index is 0.0938. The monoisotopic (exact) mass is 534 g/mol. The van der Waals surface area contributed by atoms with Crippen LogP contribution >= 0.6 is 55.0 Å². The average Bonchev–Trinajstić information content (AvgIpc) is 3.08. The van der Waals surface area contributed by atoms with Crippen molar-refractivity contribution >= 4 is 76.8 Å². The van der Waals surface area contributed by atoms with Gasteiger partial charge in [0.25, 0.3) is 5.91 Å². The molecular weight excluding hydrogens is 524 g/mol. The number of fused-ring (bicyclic) bond motifs is 1. The number of rotatable bonds is 4. The molecule has 2 N–H and O–H groups in total. The number of hydrogen-bond donors (Lipinski definition) is 2. The second kappa shape index (κ2) is 8.24. The highest BCUT2D eigenvalue weighted by atomic mass is 79.9. The minimum atomic E-state index is -0.383. The van der Waals surface area contributed by atoms with Crippen molar-refractivity contribution < 1.29 is 9.90 Å². The Hall–Kier alpha value is -1.87. The number of carbonyl (C=O) groups excluding carboxylic acids is 1. The SMILES string of the molecule is O=C(Nc1ccc(Sc2nc3ccccc3s2)cc1)c1cc(Br)cc(Br)c1O. The van der Waals surface area contributed by atoms with Crippen molar-refractivity contribution in [3.63, 3.8) is 0 Å². The first-order valence-corrected chi connectivity index (χ1v) is 11.3. The summed E-state index contributed by atoms with van der Waals surface area (Å²) in [4.78, 5) is 18.1. The Balaban J connectivity index is 1.48. The number of para-hydroxylation sites is 1. The van der Waals surface area contributed by atoms with Crippen LogP contribution in [0, 0.1) is 0 Å². The van der Waals surface area contributed by atoms with E-state index in [1.165, 1.54) is 0 Å². The number of aromatic nitrogens is 1. The van der Waals surface area contributed by atoms with Gasteiger partial charge in [0.1, 0.15) is 5.75 Å². The van der Waals surface area contributed by atoms with Gasteiger partial charge in [0.15, 0.2) is 4.34 Å². The predicted octanol–water partition coefficient (Wildman–Crippen LogP) is 6.93. The minimum Gasteiger partial charge on any atom is -0.506 e. The maximum atomic E-state index is 12.5. The molecule has 0 aliphatic heterocycles. The van der Waals surface area contributed by atoms with E-state index in [4.69, 9.17) is 0 Å². The predicted molar refractivity (Wildman–Crippen MR) is 122 cm³/mol. The molecule has 0 unspecified atom stereocenters. The van der Waals surface area contributed by atoms with Crippen molar-refractivity contribution in [1.82, 2.24) is 4.98 Å². The van der Waals surface area contributed by atoms with Gasteiger partial charge < -0.3 is 10.4 Å². The molecule has 8 heteroatoms. The molecule has 28 heavy (non-hydrogen) atoms. The highest BCUT2D eigenvalue weighted by Gasteiger charge is 2.15. The first kappa shape index (κ1) is 19.4. The second-order valence-electron chi connectivity index (χ2n) is 5.81. The van der Waals surface area contributed by atoms with E-state index in [1.54, 1.807) is 35.2 Å². The number of hydrogen-bond acceptors (Lipinski definition) is 5. The van der Waals surface area contributed by atoms with Crippen LogP contribution in [0.1, 0.15) is 10.4 Å². The third-order valence-electron chi connectivity index (χ3n) is 3.86. The van der Waals surface area contributed by atoms with Crippen LogP contribution in [0.25, 0.3) is 10.2 Å². The van der Waals surface area contributed by atoms with Crippen molar-refractivity contribution in [3.05, 3.63) is 75.2 Å². The molecule has 0 saturated heterocycles. The zero-order chi connectivity index (χ0) is 19.7. The van der Waals surface area contributed by atoms with Gasteiger partial charge in [-0.05, 0) is 64.5 Å². The lowest BCUT2D eigenvalue weighted by Crippen LogP contribution is -2.12. The van der Waals surface area contributed by atoms with E-state index in [1.807, 2.05) is 42.5 Å². The average molecular weight is 536 g/mol. The summed E-state index contributed by atoms with van der Waals surface area (Å²) in [5, 5.41) is 12.9. The summed E-state index contributed by atoms with van der Waals surface area (Å²) >= 11 is 9.80. The summed E-state index contributed by atoms with van der Waals surface area (Å²) in [5.41, 5.74) is 1.84. The summed E-state index contributed by atoms with van der Waals surface area (Å²) in [7, 11) is 0. The summed E-state index contributed by atoms with van der Waals surface area (Å²) in [6.45, 7) is 0. The van der Waals surface area contributed by atoms with Gasteiger partial charge >= 0.3 is 0 Å². The van der Waals surface area contributed by atoms with E-state index in [-0.39, 0.29) is 17.2 Å². The number of carbonyl (C=O) groups is 1. The molecule has 0 atom stereocenters. The third-order valence-corrected chi connectivity index (χ3v) is 7.03. The van der Waals surface area contributed by atoms with E-state index >= 15 is 0 Å². The Morgan fingerprint density at radius 2 is 1.82 bits per heavy atom. The van der Waals surface area contributed by atoms with Crippen LogP contribution in [0.5, 0.6) is 5.75 Å².